The average Bonchev–Trinajstić information content (AvgIpc) is 1.00. The van der Waals surface area contributed by atoms with Gasteiger partial charge in [-0.2, -0.15) is 0 Å². The normalized spacial score (nSPS) is 0.750. The van der Waals surface area contributed by atoms with Gasteiger partial charge in [-0.1, -0.05) is 0 Å². The van der Waals surface area contributed by atoms with E-state index in [1.165, 1.54) is 16.2 Å². The molecule has 0 amide bonds. The summed E-state index contributed by atoms with van der Waals surface area (Å²) in [7, 11) is 0. The van der Waals surface area contributed by atoms with Crippen LogP contribution < -0.4 is 18.9 Å². The SMILES string of the molecule is Cl.[H-].[Li+].[O]=[Al]. The molecule has 0 aromatic carbocycles. The summed E-state index contributed by atoms with van der Waals surface area (Å²) in [6.07, 6.45) is 0. The van der Waals surface area contributed by atoms with Gasteiger partial charge in [0, 0.05) is 0 Å². The third-order valence-corrected chi connectivity index (χ3v) is 0. The molecule has 0 rings (SSSR count). The van der Waals surface area contributed by atoms with E-state index < -0.39 is 0 Å². The first kappa shape index (κ1) is 18.9. The number of hydrogen-bond donors (Lipinski definition) is 0. The van der Waals surface area contributed by atoms with Gasteiger partial charge in [-0.3, -0.25) is 0 Å². The molecule has 1 nitrogen and oxygen atoms in total. The fourth-order valence-corrected chi connectivity index (χ4v) is 0. The molecule has 0 unspecified atom stereocenters. The van der Waals surface area contributed by atoms with Crippen LogP contribution in [0, 0.1) is 0 Å². The van der Waals surface area contributed by atoms with Gasteiger partial charge in [0.05, 0.1) is 0 Å². The van der Waals surface area contributed by atoms with Crippen LogP contribution in [-0.4, -0.2) is 16.2 Å². The van der Waals surface area contributed by atoms with Crippen LogP contribution in [0.1, 0.15) is 1.43 Å². The Morgan fingerprint density at radius 2 is 1.50 bits per heavy atom. The molecule has 0 saturated carbocycles. The molecule has 0 aromatic heterocycles. The standard InChI is InChI=1S/Al.ClH.Li.O.H/h;1H;;;/q;;+1;;-1. The fraction of sp³-hybridized carbons (Fsp3) is 0. The first-order chi connectivity index (χ1) is 1.00. The molecule has 0 bridgehead atoms. The minimum absolute atomic E-state index is 0. The van der Waals surface area contributed by atoms with E-state index in [-0.39, 0.29) is 32.7 Å². The topological polar surface area (TPSA) is 17.1 Å². The Morgan fingerprint density at radius 1 is 1.50 bits per heavy atom. The van der Waals surface area contributed by atoms with Crippen LogP contribution in [0.5, 0.6) is 0 Å². The van der Waals surface area contributed by atoms with Gasteiger partial charge >= 0.3 is 38.9 Å². The van der Waals surface area contributed by atoms with E-state index >= 15 is 0 Å². The van der Waals surface area contributed by atoms with E-state index in [2.05, 4.69) is 0 Å². The van der Waals surface area contributed by atoms with Gasteiger partial charge in [0.25, 0.3) is 0 Å². The van der Waals surface area contributed by atoms with Crippen LogP contribution in [-0.2, 0) is 3.80 Å². The molecule has 0 atom stereocenters. The summed E-state index contributed by atoms with van der Waals surface area (Å²) in [5, 5.41) is 0. The van der Waals surface area contributed by atoms with Crippen LogP contribution in [0.2, 0.25) is 0 Å². The molecule has 4 heavy (non-hydrogen) atoms. The molecule has 4 heteroatoms. The first-order valence-electron chi connectivity index (χ1n) is 0.236. The van der Waals surface area contributed by atoms with Crippen LogP contribution in [0.3, 0.4) is 0 Å². The van der Waals surface area contributed by atoms with Crippen molar-refractivity contribution >= 4 is 28.6 Å². The van der Waals surface area contributed by atoms with Crippen LogP contribution in [0.15, 0.2) is 0 Å². The Balaban J connectivity index is -0.00000000167. The fourth-order valence-electron chi connectivity index (χ4n) is 0. The van der Waals surface area contributed by atoms with Crippen molar-refractivity contribution in [3.05, 3.63) is 0 Å². The zero-order valence-corrected chi connectivity index (χ0v) is 4.37. The molecule has 19 valence electrons. The van der Waals surface area contributed by atoms with Crippen molar-refractivity contribution in [1.29, 1.82) is 0 Å². The molecular weight excluding hydrogens is 85.4 g/mol. The average molecular weight is 87.4 g/mol. The summed E-state index contributed by atoms with van der Waals surface area (Å²) >= 11 is 1.17. The Hall–Kier alpha value is 1.22. The summed E-state index contributed by atoms with van der Waals surface area (Å²) in [6.45, 7) is 0. The molecule has 1 radical (unpaired) electrons. The van der Waals surface area contributed by atoms with Gasteiger partial charge in [0.2, 0.25) is 0 Å². The summed E-state index contributed by atoms with van der Waals surface area (Å²) in [6, 6.07) is 0. The minimum atomic E-state index is 0. The second kappa shape index (κ2) is 29.4. The number of hydrogen-bond acceptors (Lipinski definition) is 1. The third kappa shape index (κ3) is 10.7. The maximum atomic E-state index is 8.17. The molecule has 0 aliphatic heterocycles. The molecule has 0 spiro atoms. The van der Waals surface area contributed by atoms with Gasteiger partial charge in [0.1, 0.15) is 0 Å². The van der Waals surface area contributed by atoms with E-state index in [1.54, 1.807) is 0 Å². The van der Waals surface area contributed by atoms with Gasteiger partial charge in [-0.15, -0.1) is 12.4 Å². The van der Waals surface area contributed by atoms with Crippen molar-refractivity contribution in [2.75, 3.05) is 0 Å². The van der Waals surface area contributed by atoms with E-state index in [0.29, 0.717) is 0 Å². The van der Waals surface area contributed by atoms with E-state index in [9.17, 15) is 0 Å². The predicted molar refractivity (Wildman–Crippen MR) is 14.8 cm³/mol. The third-order valence-electron chi connectivity index (χ3n) is 0. The number of halogens is 1. The second-order valence-corrected chi connectivity index (χ2v) is 0. The quantitative estimate of drug-likeness (QED) is 0.289. The summed E-state index contributed by atoms with van der Waals surface area (Å²) in [4.78, 5) is 0. The Morgan fingerprint density at radius 3 is 1.50 bits per heavy atom. The van der Waals surface area contributed by atoms with E-state index in [1.807, 2.05) is 0 Å². The van der Waals surface area contributed by atoms with Gasteiger partial charge < -0.3 is 1.43 Å². The van der Waals surface area contributed by atoms with E-state index in [0.717, 1.165) is 0 Å². The number of rotatable bonds is 0. The molecule has 0 N–H and O–H groups in total. The zero-order chi connectivity index (χ0) is 2.00. The van der Waals surface area contributed by atoms with E-state index in [4.69, 9.17) is 3.80 Å². The van der Waals surface area contributed by atoms with Crippen molar-refractivity contribution < 1.29 is 24.1 Å². The molecule has 0 aliphatic rings. The van der Waals surface area contributed by atoms with Gasteiger partial charge in [0.15, 0.2) is 0 Å². The van der Waals surface area contributed by atoms with Crippen LogP contribution >= 0.6 is 12.4 Å². The second-order valence-electron chi connectivity index (χ2n) is 0. The monoisotopic (exact) mass is 87.0 g/mol. The van der Waals surface area contributed by atoms with Crippen molar-refractivity contribution in [1.82, 2.24) is 0 Å². The Bertz CT molecular complexity index is 11.6. The molecule has 0 saturated heterocycles. The molecule has 0 aliphatic carbocycles. The van der Waals surface area contributed by atoms with Crippen LogP contribution in [0.4, 0.5) is 0 Å². The van der Waals surface area contributed by atoms with Crippen molar-refractivity contribution in [3.63, 3.8) is 0 Å². The Labute approximate surface area is 52.8 Å². The maximum absolute atomic E-state index is 8.17. The Kier molecular flexibility index (Phi) is 139. The summed E-state index contributed by atoms with van der Waals surface area (Å²) < 4.78 is 8.17. The van der Waals surface area contributed by atoms with Gasteiger partial charge in [-0.05, 0) is 0 Å². The van der Waals surface area contributed by atoms with Gasteiger partial charge in [-0.25, -0.2) is 0 Å². The molecular formula is H2AlClLiO. The predicted octanol–water partition coefficient (Wildman–Crippen LogP) is -2.96. The summed E-state index contributed by atoms with van der Waals surface area (Å²) in [5.41, 5.74) is 0. The van der Waals surface area contributed by atoms with Crippen molar-refractivity contribution in [3.8, 4) is 0 Å². The summed E-state index contributed by atoms with van der Waals surface area (Å²) in [5.74, 6) is 0. The van der Waals surface area contributed by atoms with Crippen molar-refractivity contribution in [2.24, 2.45) is 0 Å². The molecule has 0 fully saturated rings. The zero-order valence-electron chi connectivity index (χ0n) is 3.39. The molecule has 0 aromatic rings. The van der Waals surface area contributed by atoms with Crippen LogP contribution in [0.25, 0.3) is 0 Å². The first-order valence-corrected chi connectivity index (χ1v) is 0.707. The van der Waals surface area contributed by atoms with Crippen molar-refractivity contribution in [2.45, 2.75) is 0 Å². The molecule has 0 heterocycles.